The number of hydrogen-bond donors (Lipinski definition) is 3. The highest BCUT2D eigenvalue weighted by atomic mass is 35.5. The average Bonchev–Trinajstić information content (AvgIpc) is 3.29. The minimum atomic E-state index is -4.84. The molecule has 1 amide bonds. The molecule has 3 aromatic rings. The van der Waals surface area contributed by atoms with E-state index >= 15 is 0 Å². The smallest absolute Gasteiger partial charge is 0.419 e. The first kappa shape index (κ1) is 26.6. The number of aliphatic carboxylic acids is 1. The van der Waals surface area contributed by atoms with Gasteiger partial charge in [0.2, 0.25) is 0 Å². The number of thiazole rings is 1. The summed E-state index contributed by atoms with van der Waals surface area (Å²) < 4.78 is 54.2. The molecular weight excluding hydrogens is 514 g/mol. The zero-order valence-corrected chi connectivity index (χ0v) is 19.9. The van der Waals surface area contributed by atoms with Gasteiger partial charge in [-0.25, -0.2) is 9.37 Å². The third-order valence-corrected chi connectivity index (χ3v) is 6.26. The highest BCUT2D eigenvalue weighted by Crippen LogP contribution is 2.32. The Morgan fingerprint density at radius 3 is 2.51 bits per heavy atom. The van der Waals surface area contributed by atoms with Crippen LogP contribution in [0.2, 0.25) is 4.34 Å². The fraction of sp³-hybridized carbons (Fsp3) is 0.318. The molecule has 13 heteroatoms. The van der Waals surface area contributed by atoms with Crippen LogP contribution in [0.25, 0.3) is 0 Å². The number of rotatable bonds is 8. The number of carboxylic acids is 1. The zero-order chi connectivity index (χ0) is 26.1. The molecule has 188 valence electrons. The number of anilines is 1. The van der Waals surface area contributed by atoms with Crippen molar-refractivity contribution in [3.63, 3.8) is 0 Å². The Hall–Kier alpha value is -2.96. The van der Waals surface area contributed by atoms with Gasteiger partial charge in [0.1, 0.15) is 15.8 Å². The summed E-state index contributed by atoms with van der Waals surface area (Å²) in [5.41, 5.74) is -0.773. The van der Waals surface area contributed by atoms with Crippen LogP contribution >= 0.6 is 22.9 Å². The predicted octanol–water partition coefficient (Wildman–Crippen LogP) is 5.37. The summed E-state index contributed by atoms with van der Waals surface area (Å²) in [7, 11) is 0. The maximum absolute atomic E-state index is 14.1. The van der Waals surface area contributed by atoms with Crippen molar-refractivity contribution in [3.05, 3.63) is 68.7 Å². The first-order chi connectivity index (χ1) is 16.3. The number of aromatic nitrogens is 2. The van der Waals surface area contributed by atoms with Crippen molar-refractivity contribution >= 4 is 39.9 Å². The summed E-state index contributed by atoms with van der Waals surface area (Å²) in [4.78, 5) is 27.9. The number of alkyl halides is 3. The maximum atomic E-state index is 14.1. The molecule has 0 aliphatic heterocycles. The van der Waals surface area contributed by atoms with Crippen molar-refractivity contribution in [2.75, 3.05) is 5.32 Å². The Kier molecular flexibility index (Phi) is 7.87. The number of hydrogen-bond acceptors (Lipinski definition) is 5. The second-order valence-corrected chi connectivity index (χ2v) is 9.65. The Morgan fingerprint density at radius 2 is 1.94 bits per heavy atom. The van der Waals surface area contributed by atoms with Crippen LogP contribution in [0.5, 0.6) is 0 Å². The lowest BCUT2D eigenvalue weighted by Gasteiger charge is -2.13. The molecule has 3 rings (SSSR count). The lowest BCUT2D eigenvalue weighted by atomic mass is 10.0. The molecule has 7 nitrogen and oxygen atoms in total. The predicted molar refractivity (Wildman–Crippen MR) is 121 cm³/mol. The zero-order valence-electron chi connectivity index (χ0n) is 18.4. The first-order valence-electron chi connectivity index (χ1n) is 10.2. The van der Waals surface area contributed by atoms with E-state index in [0.29, 0.717) is 11.6 Å². The summed E-state index contributed by atoms with van der Waals surface area (Å²) in [5.74, 6) is -3.49. The van der Waals surface area contributed by atoms with Gasteiger partial charge in [0.15, 0.2) is 5.13 Å². The van der Waals surface area contributed by atoms with E-state index in [1.807, 2.05) is 0 Å². The van der Waals surface area contributed by atoms with Gasteiger partial charge >= 0.3 is 12.1 Å². The number of aliphatic hydroxyl groups excluding tert-OH is 1. The van der Waals surface area contributed by atoms with E-state index in [-0.39, 0.29) is 38.9 Å². The minimum absolute atomic E-state index is 0.0195. The quantitative estimate of drug-likeness (QED) is 0.338. The molecule has 0 bridgehead atoms. The molecule has 0 spiro atoms. The number of halogens is 5. The summed E-state index contributed by atoms with van der Waals surface area (Å²) in [6.45, 7) is 3.36. The third-order valence-electron chi connectivity index (χ3n) is 5.00. The van der Waals surface area contributed by atoms with Gasteiger partial charge in [-0.3, -0.25) is 14.9 Å². The number of amides is 1. The van der Waals surface area contributed by atoms with Gasteiger partial charge in [-0.15, -0.1) is 0 Å². The molecule has 2 heterocycles. The standard InChI is InChI=1S/C22H20ClF4N3O4S/c1-10(2)18(33)12-6-16(20(34)29-21-28-15(7-17(31)32)19(23)35-21)30(9-12)8-11-3-4-13(14(24)5-11)22(25,26)27/h3-6,9-10,18,33H,7-8H2,1-2H3,(H,31,32)(H,28,29,34). The number of carboxylic acid groups (broad SMARTS) is 1. The molecule has 2 aromatic heterocycles. The van der Waals surface area contributed by atoms with Gasteiger partial charge in [-0.2, -0.15) is 13.2 Å². The van der Waals surface area contributed by atoms with Crippen molar-refractivity contribution in [2.24, 2.45) is 5.92 Å². The second-order valence-electron chi connectivity index (χ2n) is 8.05. The summed E-state index contributed by atoms with van der Waals surface area (Å²) in [6.07, 6.45) is -4.76. The van der Waals surface area contributed by atoms with E-state index < -0.39 is 42.0 Å². The first-order valence-corrected chi connectivity index (χ1v) is 11.4. The normalized spacial score (nSPS) is 12.7. The molecule has 1 unspecified atom stereocenters. The molecule has 35 heavy (non-hydrogen) atoms. The molecule has 0 aliphatic carbocycles. The SMILES string of the molecule is CC(C)C(O)c1cc(C(=O)Nc2nc(CC(=O)O)c(Cl)s2)n(Cc2ccc(C(F)(F)F)c(F)c2)c1. The topological polar surface area (TPSA) is 104 Å². The van der Waals surface area contributed by atoms with Crippen molar-refractivity contribution in [1.82, 2.24) is 9.55 Å². The van der Waals surface area contributed by atoms with E-state index in [9.17, 15) is 32.3 Å². The van der Waals surface area contributed by atoms with Gasteiger partial charge in [-0.05, 0) is 35.2 Å². The summed E-state index contributed by atoms with van der Waals surface area (Å²) in [6, 6.07) is 3.87. The molecule has 0 saturated carbocycles. The van der Waals surface area contributed by atoms with Gasteiger partial charge in [0, 0.05) is 12.7 Å². The fourth-order valence-corrected chi connectivity index (χ4v) is 4.32. The Balaban J connectivity index is 1.93. The highest BCUT2D eigenvalue weighted by molar-refractivity contribution is 7.19. The lowest BCUT2D eigenvalue weighted by Crippen LogP contribution is -2.17. The molecule has 0 saturated heterocycles. The van der Waals surface area contributed by atoms with E-state index in [2.05, 4.69) is 10.3 Å². The van der Waals surface area contributed by atoms with Crippen LogP contribution in [-0.4, -0.2) is 31.6 Å². The van der Waals surface area contributed by atoms with Crippen LogP contribution in [0.1, 0.15) is 52.8 Å². The maximum Gasteiger partial charge on any atom is 0.419 e. The third kappa shape index (κ3) is 6.38. The lowest BCUT2D eigenvalue weighted by molar-refractivity contribution is -0.140. The summed E-state index contributed by atoms with van der Waals surface area (Å²) in [5, 5.41) is 21.9. The van der Waals surface area contributed by atoms with Gasteiger partial charge in [-0.1, -0.05) is 42.9 Å². The number of nitrogens with zero attached hydrogens (tertiary/aromatic N) is 2. The second kappa shape index (κ2) is 10.3. The van der Waals surface area contributed by atoms with Crippen LogP contribution in [0.4, 0.5) is 22.7 Å². The molecule has 0 fully saturated rings. The molecule has 3 N–H and O–H groups in total. The van der Waals surface area contributed by atoms with Crippen LogP contribution < -0.4 is 5.32 Å². The molecule has 1 atom stereocenters. The van der Waals surface area contributed by atoms with Crippen molar-refractivity contribution in [1.29, 1.82) is 0 Å². The van der Waals surface area contributed by atoms with E-state index in [1.54, 1.807) is 13.8 Å². The Morgan fingerprint density at radius 1 is 1.26 bits per heavy atom. The molecular formula is C22H20ClF4N3O4S. The Bertz CT molecular complexity index is 1260. The highest BCUT2D eigenvalue weighted by Gasteiger charge is 2.34. The number of carbonyl (C=O) groups excluding carboxylic acids is 1. The van der Waals surface area contributed by atoms with Crippen molar-refractivity contribution < 1.29 is 37.4 Å². The minimum Gasteiger partial charge on any atom is -0.481 e. The number of aliphatic hydroxyl groups is 1. The summed E-state index contributed by atoms with van der Waals surface area (Å²) >= 11 is 6.84. The van der Waals surface area contributed by atoms with Crippen molar-refractivity contribution in [2.45, 2.75) is 39.1 Å². The average molecular weight is 534 g/mol. The number of nitrogens with one attached hydrogen (secondary N) is 1. The van der Waals surface area contributed by atoms with Crippen LogP contribution in [0.3, 0.4) is 0 Å². The monoisotopic (exact) mass is 533 g/mol. The fourth-order valence-electron chi connectivity index (χ4n) is 3.28. The van der Waals surface area contributed by atoms with Gasteiger partial charge < -0.3 is 14.8 Å². The van der Waals surface area contributed by atoms with Gasteiger partial charge in [0.05, 0.1) is 23.8 Å². The van der Waals surface area contributed by atoms with Crippen LogP contribution in [-0.2, 0) is 23.9 Å². The van der Waals surface area contributed by atoms with Crippen LogP contribution in [0, 0.1) is 11.7 Å². The van der Waals surface area contributed by atoms with E-state index in [0.717, 1.165) is 23.5 Å². The number of benzene rings is 1. The van der Waals surface area contributed by atoms with Crippen molar-refractivity contribution in [3.8, 4) is 0 Å². The Labute approximate surface area is 206 Å². The molecule has 1 aromatic carbocycles. The van der Waals surface area contributed by atoms with E-state index in [4.69, 9.17) is 16.7 Å². The number of carbonyl (C=O) groups is 2. The largest absolute Gasteiger partial charge is 0.481 e. The molecule has 0 aliphatic rings. The van der Waals surface area contributed by atoms with Crippen LogP contribution in [0.15, 0.2) is 30.5 Å². The van der Waals surface area contributed by atoms with E-state index in [1.165, 1.54) is 16.8 Å². The van der Waals surface area contributed by atoms with Gasteiger partial charge in [0.25, 0.3) is 5.91 Å². The molecule has 0 radical (unpaired) electrons.